The van der Waals surface area contributed by atoms with Crippen molar-refractivity contribution in [2.45, 2.75) is 18.9 Å². The standard InChI is InChI=1S/C20H16FN7O2/c21-15-7-12(3-4-13(15)18-22-10-23-26-18)14-8-24-27-6-5-17(25-19(14)27)28-16(11-1-2-11)9-30-20(28)29/h3-8,10-11,16H,1-2,9H2,(H,22,23,26)/t16-/m1/s1. The molecule has 1 saturated carbocycles. The van der Waals surface area contributed by atoms with Crippen molar-refractivity contribution in [2.24, 2.45) is 5.92 Å². The highest BCUT2D eigenvalue weighted by molar-refractivity contribution is 5.90. The second-order valence-electron chi connectivity index (χ2n) is 7.49. The van der Waals surface area contributed by atoms with Crippen molar-refractivity contribution in [3.8, 4) is 22.5 Å². The van der Waals surface area contributed by atoms with Gasteiger partial charge in [-0.05, 0) is 42.5 Å². The Labute approximate surface area is 169 Å². The highest BCUT2D eigenvalue weighted by atomic mass is 19.1. The molecule has 1 atom stereocenters. The van der Waals surface area contributed by atoms with Gasteiger partial charge in [-0.15, -0.1) is 0 Å². The van der Waals surface area contributed by atoms with Gasteiger partial charge in [0.05, 0.1) is 17.8 Å². The monoisotopic (exact) mass is 405 g/mol. The van der Waals surface area contributed by atoms with Crippen LogP contribution in [-0.4, -0.2) is 48.5 Å². The van der Waals surface area contributed by atoms with Crippen LogP contribution in [0.4, 0.5) is 15.0 Å². The van der Waals surface area contributed by atoms with Crippen LogP contribution in [0.2, 0.25) is 0 Å². The van der Waals surface area contributed by atoms with Gasteiger partial charge in [0.1, 0.15) is 24.6 Å². The number of aromatic nitrogens is 6. The van der Waals surface area contributed by atoms with Gasteiger partial charge in [0, 0.05) is 11.8 Å². The van der Waals surface area contributed by atoms with E-state index in [9.17, 15) is 9.18 Å². The van der Waals surface area contributed by atoms with E-state index in [4.69, 9.17) is 4.74 Å². The maximum absolute atomic E-state index is 14.7. The van der Waals surface area contributed by atoms with Crippen molar-refractivity contribution in [3.05, 3.63) is 48.8 Å². The topological polar surface area (TPSA) is 101 Å². The molecule has 0 spiro atoms. The molecule has 1 aromatic carbocycles. The lowest BCUT2D eigenvalue weighted by Gasteiger charge is -2.20. The van der Waals surface area contributed by atoms with E-state index in [0.717, 1.165) is 12.8 Å². The number of anilines is 1. The quantitative estimate of drug-likeness (QED) is 0.560. The molecule has 1 amide bonds. The minimum Gasteiger partial charge on any atom is -0.447 e. The van der Waals surface area contributed by atoms with Crippen LogP contribution in [0.5, 0.6) is 0 Å². The zero-order valence-corrected chi connectivity index (χ0v) is 15.7. The maximum Gasteiger partial charge on any atom is 0.415 e. The zero-order chi connectivity index (χ0) is 20.2. The largest absolute Gasteiger partial charge is 0.447 e. The van der Waals surface area contributed by atoms with Crippen LogP contribution in [0, 0.1) is 11.7 Å². The molecule has 1 aliphatic carbocycles. The average Bonchev–Trinajstić information content (AvgIpc) is 3.14. The predicted molar refractivity (Wildman–Crippen MR) is 104 cm³/mol. The Hall–Kier alpha value is -3.82. The minimum atomic E-state index is -0.434. The summed E-state index contributed by atoms with van der Waals surface area (Å²) in [5, 5.41) is 10.7. The molecule has 0 unspecified atom stereocenters. The number of benzene rings is 1. The molecule has 2 fully saturated rings. The Morgan fingerprint density at radius 2 is 2.10 bits per heavy atom. The number of carbonyl (C=O) groups is 1. The second kappa shape index (κ2) is 6.34. The number of aromatic amines is 1. The Bertz CT molecular complexity index is 1270. The van der Waals surface area contributed by atoms with Crippen molar-refractivity contribution in [2.75, 3.05) is 11.5 Å². The number of hydrogen-bond acceptors (Lipinski definition) is 6. The minimum absolute atomic E-state index is 0.0115. The molecule has 3 aromatic heterocycles. The van der Waals surface area contributed by atoms with E-state index in [1.54, 1.807) is 40.0 Å². The van der Waals surface area contributed by atoms with Crippen molar-refractivity contribution in [3.63, 3.8) is 0 Å². The van der Waals surface area contributed by atoms with Crippen molar-refractivity contribution < 1.29 is 13.9 Å². The van der Waals surface area contributed by atoms with Crippen LogP contribution in [0.15, 0.2) is 43.0 Å². The third kappa shape index (κ3) is 2.64. The number of nitrogens with one attached hydrogen (secondary N) is 1. The summed E-state index contributed by atoms with van der Waals surface area (Å²) in [5.41, 5.74) is 2.15. The number of carbonyl (C=O) groups excluding carboxylic acids is 1. The van der Waals surface area contributed by atoms with Crippen LogP contribution < -0.4 is 4.90 Å². The van der Waals surface area contributed by atoms with Gasteiger partial charge >= 0.3 is 6.09 Å². The van der Waals surface area contributed by atoms with Gasteiger partial charge in [0.2, 0.25) is 0 Å². The predicted octanol–water partition coefficient (Wildman–Crippen LogP) is 3.06. The lowest BCUT2D eigenvalue weighted by Crippen LogP contribution is -2.35. The summed E-state index contributed by atoms with van der Waals surface area (Å²) in [5.74, 6) is 0.897. The molecular formula is C20H16FN7O2. The van der Waals surface area contributed by atoms with E-state index in [-0.39, 0.29) is 12.1 Å². The number of H-pyrrole nitrogens is 1. The van der Waals surface area contributed by atoms with E-state index in [2.05, 4.69) is 25.3 Å². The number of rotatable bonds is 4. The van der Waals surface area contributed by atoms with Crippen molar-refractivity contribution >= 4 is 17.6 Å². The van der Waals surface area contributed by atoms with Gasteiger partial charge in [-0.1, -0.05) is 6.07 Å². The Morgan fingerprint density at radius 3 is 2.87 bits per heavy atom. The number of nitrogens with zero attached hydrogens (tertiary/aromatic N) is 6. The van der Waals surface area contributed by atoms with Crippen LogP contribution in [0.1, 0.15) is 12.8 Å². The Morgan fingerprint density at radius 1 is 1.20 bits per heavy atom. The highest BCUT2D eigenvalue weighted by Crippen LogP contribution is 2.39. The van der Waals surface area contributed by atoms with E-state index in [0.29, 0.717) is 46.5 Å². The molecule has 2 aliphatic rings. The number of halogens is 1. The first-order valence-corrected chi connectivity index (χ1v) is 9.65. The molecule has 10 heteroatoms. The highest BCUT2D eigenvalue weighted by Gasteiger charge is 2.44. The van der Waals surface area contributed by atoms with Gasteiger partial charge < -0.3 is 4.74 Å². The fraction of sp³-hybridized carbons (Fsp3) is 0.250. The molecule has 150 valence electrons. The van der Waals surface area contributed by atoms with Gasteiger partial charge in [-0.3, -0.25) is 10.00 Å². The Kier molecular flexibility index (Phi) is 3.61. The third-order valence-electron chi connectivity index (χ3n) is 5.62. The number of ether oxygens (including phenoxy) is 1. The lowest BCUT2D eigenvalue weighted by molar-refractivity contribution is 0.178. The molecule has 1 aliphatic heterocycles. The number of amides is 1. The van der Waals surface area contributed by atoms with Crippen LogP contribution in [0.25, 0.3) is 28.2 Å². The maximum atomic E-state index is 14.7. The normalized spacial score (nSPS) is 18.9. The molecule has 1 N–H and O–H groups in total. The van der Waals surface area contributed by atoms with Gasteiger partial charge in [-0.25, -0.2) is 23.7 Å². The van der Waals surface area contributed by atoms with Gasteiger partial charge in [0.25, 0.3) is 0 Å². The number of fused-ring (bicyclic) bond motifs is 1. The number of cyclic esters (lactones) is 1. The summed E-state index contributed by atoms with van der Waals surface area (Å²) in [6, 6.07) is 6.60. The number of hydrogen-bond donors (Lipinski definition) is 1. The molecule has 6 rings (SSSR count). The molecule has 9 nitrogen and oxygen atoms in total. The van der Waals surface area contributed by atoms with Crippen LogP contribution in [0.3, 0.4) is 0 Å². The SMILES string of the molecule is O=C1OC[C@H](C2CC2)N1c1ccn2ncc(-c3ccc(-c4ncn[nH]4)c(F)c3)c2n1. The summed E-state index contributed by atoms with van der Waals surface area (Å²) in [6.45, 7) is 0.386. The lowest BCUT2D eigenvalue weighted by atomic mass is 10.1. The van der Waals surface area contributed by atoms with E-state index < -0.39 is 5.82 Å². The van der Waals surface area contributed by atoms with Crippen molar-refractivity contribution in [1.29, 1.82) is 0 Å². The van der Waals surface area contributed by atoms with E-state index in [1.165, 1.54) is 12.4 Å². The molecule has 0 bridgehead atoms. The van der Waals surface area contributed by atoms with Gasteiger partial charge in [0.15, 0.2) is 11.5 Å². The average molecular weight is 405 g/mol. The van der Waals surface area contributed by atoms with Crippen molar-refractivity contribution in [1.82, 2.24) is 29.8 Å². The van der Waals surface area contributed by atoms with Crippen LogP contribution >= 0.6 is 0 Å². The second-order valence-corrected chi connectivity index (χ2v) is 7.49. The first-order valence-electron chi connectivity index (χ1n) is 9.65. The summed E-state index contributed by atoms with van der Waals surface area (Å²) in [4.78, 5) is 22.6. The molecule has 0 radical (unpaired) electrons. The summed E-state index contributed by atoms with van der Waals surface area (Å²) >= 11 is 0. The third-order valence-corrected chi connectivity index (χ3v) is 5.62. The molecular weight excluding hydrogens is 389 g/mol. The fourth-order valence-corrected chi connectivity index (χ4v) is 3.93. The van der Waals surface area contributed by atoms with E-state index >= 15 is 0 Å². The van der Waals surface area contributed by atoms with Crippen LogP contribution in [-0.2, 0) is 4.74 Å². The molecule has 1 saturated heterocycles. The molecule has 4 heterocycles. The smallest absolute Gasteiger partial charge is 0.415 e. The van der Waals surface area contributed by atoms with Gasteiger partial charge in [-0.2, -0.15) is 10.2 Å². The fourth-order valence-electron chi connectivity index (χ4n) is 3.93. The first kappa shape index (κ1) is 17.1. The summed E-state index contributed by atoms with van der Waals surface area (Å²) < 4.78 is 21.6. The Balaban J connectivity index is 1.41. The zero-order valence-electron chi connectivity index (χ0n) is 15.7. The molecule has 4 aromatic rings. The molecule has 30 heavy (non-hydrogen) atoms. The first-order chi connectivity index (χ1) is 14.7. The summed E-state index contributed by atoms with van der Waals surface area (Å²) in [6.07, 6.45) is 6.51. The summed E-state index contributed by atoms with van der Waals surface area (Å²) in [7, 11) is 0. The van der Waals surface area contributed by atoms with E-state index in [1.807, 2.05) is 0 Å².